The molecule has 11 heteroatoms. The zero-order valence-corrected chi connectivity index (χ0v) is 20.0. The largest absolute Gasteiger partial charge is 0.478 e. The molecule has 1 aromatic carbocycles. The first-order valence-corrected chi connectivity index (χ1v) is 10.2. The van der Waals surface area contributed by atoms with Crippen LogP contribution < -0.4 is 0 Å². The Morgan fingerprint density at radius 2 is 1.39 bits per heavy atom. The molecule has 0 saturated carbocycles. The first-order valence-electron chi connectivity index (χ1n) is 10.2. The summed E-state index contributed by atoms with van der Waals surface area (Å²) < 4.78 is 12.8. The number of carboxylic acid groups (broad SMARTS) is 2. The molecule has 2 rings (SSSR count). The van der Waals surface area contributed by atoms with Crippen molar-refractivity contribution in [3.63, 3.8) is 0 Å². The van der Waals surface area contributed by atoms with Gasteiger partial charge in [-0.3, -0.25) is 0 Å². The Bertz CT molecular complexity index is 957. The van der Waals surface area contributed by atoms with Gasteiger partial charge in [-0.15, -0.1) is 0 Å². The normalized spacial score (nSPS) is 12.0. The van der Waals surface area contributed by atoms with Gasteiger partial charge in [-0.25, -0.2) is 28.8 Å². The second-order valence-electron chi connectivity index (χ2n) is 6.21. The molecule has 0 amide bonds. The van der Waals surface area contributed by atoms with E-state index in [1.165, 1.54) is 12.7 Å². The molecule has 0 saturated heterocycles. The Hall–Kier alpha value is -4.80. The quantitative estimate of drug-likeness (QED) is 0.242. The fraction of sp³-hybridized carbons (Fsp3) is 0.200. The SMILES string of the molecule is C=Cc1ccccc1.CCC(C)OC(=O)/C=C/C(=O)O.COC(=O)/C=C/C(=O)O.O=C1C=CC(=O)O1. The third kappa shape index (κ3) is 22.4. The van der Waals surface area contributed by atoms with Gasteiger partial charge in [-0.2, -0.15) is 0 Å². The highest BCUT2D eigenvalue weighted by Crippen LogP contribution is 1.98. The summed E-state index contributed by atoms with van der Waals surface area (Å²) in [4.78, 5) is 60.4. The van der Waals surface area contributed by atoms with Crippen molar-refractivity contribution in [1.29, 1.82) is 0 Å². The zero-order chi connectivity index (χ0) is 27.9. The Kier molecular flexibility index (Phi) is 19.3. The number of methoxy groups -OCH3 is 1. The summed E-state index contributed by atoms with van der Waals surface area (Å²) in [6, 6.07) is 10.0. The Balaban J connectivity index is 0. The van der Waals surface area contributed by atoms with E-state index in [4.69, 9.17) is 14.9 Å². The predicted molar refractivity (Wildman–Crippen MR) is 128 cm³/mol. The van der Waals surface area contributed by atoms with Crippen LogP contribution in [0.1, 0.15) is 25.8 Å². The zero-order valence-electron chi connectivity index (χ0n) is 20.0. The number of hydrogen-bond donors (Lipinski definition) is 2. The van der Waals surface area contributed by atoms with Crippen LogP contribution in [0.5, 0.6) is 0 Å². The second-order valence-corrected chi connectivity index (χ2v) is 6.21. The summed E-state index contributed by atoms with van der Waals surface area (Å²) >= 11 is 0. The molecule has 2 N–H and O–H groups in total. The molecule has 1 unspecified atom stereocenters. The van der Waals surface area contributed by atoms with E-state index in [9.17, 15) is 28.8 Å². The lowest BCUT2D eigenvalue weighted by atomic mass is 10.2. The highest BCUT2D eigenvalue weighted by Gasteiger charge is 2.10. The summed E-state index contributed by atoms with van der Waals surface area (Å²) in [5, 5.41) is 16.1. The lowest BCUT2D eigenvalue weighted by Gasteiger charge is -2.07. The molecule has 36 heavy (non-hydrogen) atoms. The van der Waals surface area contributed by atoms with Crippen molar-refractivity contribution in [1.82, 2.24) is 0 Å². The van der Waals surface area contributed by atoms with Gasteiger partial charge < -0.3 is 24.4 Å². The number of ether oxygens (including phenoxy) is 3. The van der Waals surface area contributed by atoms with Crippen molar-refractivity contribution < 1.29 is 53.2 Å². The summed E-state index contributed by atoms with van der Waals surface area (Å²) in [6.45, 7) is 7.25. The van der Waals surface area contributed by atoms with E-state index in [0.29, 0.717) is 12.5 Å². The first kappa shape index (κ1) is 33.4. The summed E-state index contributed by atoms with van der Waals surface area (Å²) in [7, 11) is 1.18. The molecular formula is C25H28O11. The van der Waals surface area contributed by atoms with Crippen LogP contribution in [0.3, 0.4) is 0 Å². The van der Waals surface area contributed by atoms with Crippen molar-refractivity contribution in [2.75, 3.05) is 7.11 Å². The minimum absolute atomic E-state index is 0.170. The monoisotopic (exact) mass is 504 g/mol. The number of esters is 4. The molecule has 1 aromatic rings. The van der Waals surface area contributed by atoms with Crippen molar-refractivity contribution in [3.05, 3.63) is 78.9 Å². The number of benzene rings is 1. The summed E-state index contributed by atoms with van der Waals surface area (Å²) in [5.74, 6) is -4.77. The molecule has 0 fully saturated rings. The molecule has 194 valence electrons. The summed E-state index contributed by atoms with van der Waals surface area (Å²) in [6.07, 6.45) is 7.75. The standard InChI is InChI=1S/C8H12O4.C8H8.C5H6O4.C4H2O3/c1-3-6(2)12-8(11)5-4-7(9)10;1-2-8-6-4-3-5-7-8;1-9-5(8)3-2-4(6)7;5-3-1-2-4(6)7-3/h4-6H,3H2,1-2H3,(H,9,10);2-7H,1H2;2-3H,1H3,(H,6,7);1-2H/b5-4+;;3-2+;. The minimum Gasteiger partial charge on any atom is -0.478 e. The van der Waals surface area contributed by atoms with Crippen LogP contribution in [-0.4, -0.2) is 59.2 Å². The van der Waals surface area contributed by atoms with Crippen LogP contribution in [-0.2, 0) is 43.0 Å². The fourth-order valence-corrected chi connectivity index (χ4v) is 1.56. The van der Waals surface area contributed by atoms with Gasteiger partial charge in [0.15, 0.2) is 0 Å². The number of carboxylic acids is 2. The molecule has 0 spiro atoms. The molecule has 0 aromatic heterocycles. The van der Waals surface area contributed by atoms with Gasteiger partial charge in [0.05, 0.1) is 13.2 Å². The topological polar surface area (TPSA) is 171 Å². The first-order chi connectivity index (χ1) is 16.9. The van der Waals surface area contributed by atoms with Crippen molar-refractivity contribution >= 4 is 41.9 Å². The minimum atomic E-state index is -1.17. The van der Waals surface area contributed by atoms with Gasteiger partial charge in [0, 0.05) is 36.5 Å². The number of hydrogen-bond acceptors (Lipinski definition) is 9. The molecule has 11 nitrogen and oxygen atoms in total. The van der Waals surface area contributed by atoms with E-state index < -0.39 is 35.8 Å². The van der Waals surface area contributed by atoms with Gasteiger partial charge in [-0.05, 0) is 18.9 Å². The van der Waals surface area contributed by atoms with Crippen LogP contribution in [0.2, 0.25) is 0 Å². The van der Waals surface area contributed by atoms with E-state index >= 15 is 0 Å². The van der Waals surface area contributed by atoms with Gasteiger partial charge >= 0.3 is 35.8 Å². The van der Waals surface area contributed by atoms with Crippen LogP contribution in [0.15, 0.2) is 73.4 Å². The molecule has 0 aliphatic carbocycles. The average molecular weight is 504 g/mol. The molecule has 0 bridgehead atoms. The number of aliphatic carboxylic acids is 2. The van der Waals surface area contributed by atoms with E-state index in [1.807, 2.05) is 43.3 Å². The van der Waals surface area contributed by atoms with E-state index in [0.717, 1.165) is 30.4 Å². The maximum Gasteiger partial charge on any atom is 0.338 e. The van der Waals surface area contributed by atoms with Crippen molar-refractivity contribution in [2.45, 2.75) is 26.4 Å². The Morgan fingerprint density at radius 3 is 1.69 bits per heavy atom. The number of carbonyl (C=O) groups is 6. The average Bonchev–Trinajstić information content (AvgIpc) is 3.24. The number of carbonyl (C=O) groups excluding carboxylic acids is 4. The lowest BCUT2D eigenvalue weighted by molar-refractivity contribution is -0.150. The second kappa shape index (κ2) is 20.8. The van der Waals surface area contributed by atoms with Gasteiger partial charge in [0.2, 0.25) is 0 Å². The number of cyclic esters (lactones) is 2. The van der Waals surface area contributed by atoms with Crippen molar-refractivity contribution in [2.24, 2.45) is 0 Å². The van der Waals surface area contributed by atoms with Gasteiger partial charge in [0.1, 0.15) is 0 Å². The summed E-state index contributed by atoms with van der Waals surface area (Å²) in [5.41, 5.74) is 1.17. The lowest BCUT2D eigenvalue weighted by Crippen LogP contribution is -2.11. The molecule has 1 aliphatic rings. The highest BCUT2D eigenvalue weighted by atomic mass is 16.6. The van der Waals surface area contributed by atoms with Crippen LogP contribution in [0.4, 0.5) is 0 Å². The molecule has 1 atom stereocenters. The maximum absolute atomic E-state index is 10.7. The third-order valence-electron chi connectivity index (χ3n) is 3.41. The molecule has 1 heterocycles. The van der Waals surface area contributed by atoms with Crippen LogP contribution in [0, 0.1) is 0 Å². The fourth-order valence-electron chi connectivity index (χ4n) is 1.56. The van der Waals surface area contributed by atoms with Crippen LogP contribution >= 0.6 is 0 Å². The maximum atomic E-state index is 10.7. The smallest absolute Gasteiger partial charge is 0.338 e. The van der Waals surface area contributed by atoms with E-state index in [-0.39, 0.29) is 6.10 Å². The Morgan fingerprint density at radius 1 is 0.917 bits per heavy atom. The molecular weight excluding hydrogens is 476 g/mol. The number of rotatable bonds is 7. The van der Waals surface area contributed by atoms with E-state index in [1.54, 1.807) is 6.92 Å². The van der Waals surface area contributed by atoms with Gasteiger partial charge in [0.25, 0.3) is 0 Å². The predicted octanol–water partition coefficient (Wildman–Crippen LogP) is 2.72. The third-order valence-corrected chi connectivity index (χ3v) is 3.41. The van der Waals surface area contributed by atoms with Crippen molar-refractivity contribution in [3.8, 4) is 0 Å². The van der Waals surface area contributed by atoms with E-state index in [2.05, 4.69) is 16.1 Å². The van der Waals surface area contributed by atoms with Gasteiger partial charge in [-0.1, -0.05) is 49.9 Å². The highest BCUT2D eigenvalue weighted by molar-refractivity contribution is 6.04. The van der Waals surface area contributed by atoms with Crippen LogP contribution in [0.25, 0.3) is 6.08 Å². The molecule has 1 aliphatic heterocycles. The molecule has 0 radical (unpaired) electrons. The Labute approximate surface area is 208 Å².